The minimum atomic E-state index is -0.250. The molecule has 0 spiro atoms. The average Bonchev–Trinajstić information content (AvgIpc) is 2.97. The van der Waals surface area contributed by atoms with Crippen molar-refractivity contribution in [2.24, 2.45) is 0 Å². The molecule has 1 aromatic carbocycles. The third-order valence-corrected chi connectivity index (χ3v) is 4.56. The summed E-state index contributed by atoms with van der Waals surface area (Å²) in [4.78, 5) is 7.04. The molecule has 0 saturated carbocycles. The van der Waals surface area contributed by atoms with Gasteiger partial charge in [-0.05, 0) is 54.6 Å². The van der Waals surface area contributed by atoms with Crippen LogP contribution in [0.3, 0.4) is 0 Å². The molecule has 0 unspecified atom stereocenters. The number of pyridine rings is 1. The van der Waals surface area contributed by atoms with Crippen LogP contribution in [-0.2, 0) is 0 Å². The molecule has 1 fully saturated rings. The van der Waals surface area contributed by atoms with Crippen LogP contribution in [0.4, 0.5) is 4.39 Å². The molecule has 0 bridgehead atoms. The number of fused-ring (bicyclic) bond motifs is 1. The van der Waals surface area contributed by atoms with Gasteiger partial charge in [0.25, 0.3) is 0 Å². The van der Waals surface area contributed by atoms with Crippen molar-refractivity contribution >= 4 is 11.0 Å². The van der Waals surface area contributed by atoms with Crippen molar-refractivity contribution in [2.75, 3.05) is 13.1 Å². The summed E-state index contributed by atoms with van der Waals surface area (Å²) in [5, 5.41) is 3.96. The van der Waals surface area contributed by atoms with Crippen molar-refractivity contribution in [3.8, 4) is 11.1 Å². The van der Waals surface area contributed by atoms with E-state index in [2.05, 4.69) is 39.6 Å². The molecule has 22 heavy (non-hydrogen) atoms. The number of H-pyrrole nitrogens is 1. The topological polar surface area (TPSA) is 40.7 Å². The molecule has 3 aromatic rings. The van der Waals surface area contributed by atoms with Gasteiger partial charge in [-0.1, -0.05) is 24.3 Å². The second-order valence-electron chi connectivity index (χ2n) is 5.87. The fraction of sp³-hybridized carbons (Fsp3) is 0.278. The van der Waals surface area contributed by atoms with Gasteiger partial charge in [0, 0.05) is 12.4 Å². The van der Waals surface area contributed by atoms with Gasteiger partial charge in [0.15, 0.2) is 5.82 Å². The smallest absolute Gasteiger partial charge is 0.150 e. The van der Waals surface area contributed by atoms with Crippen molar-refractivity contribution in [2.45, 2.75) is 18.8 Å². The minimum Gasteiger partial charge on any atom is -0.343 e. The van der Waals surface area contributed by atoms with E-state index in [0.717, 1.165) is 24.2 Å². The van der Waals surface area contributed by atoms with Gasteiger partial charge in [-0.2, -0.15) is 0 Å². The van der Waals surface area contributed by atoms with E-state index in [1.54, 1.807) is 6.20 Å². The van der Waals surface area contributed by atoms with Crippen molar-refractivity contribution in [3.63, 3.8) is 0 Å². The monoisotopic (exact) mass is 295 g/mol. The molecule has 4 rings (SSSR count). The zero-order chi connectivity index (χ0) is 14.9. The fourth-order valence-electron chi connectivity index (χ4n) is 3.35. The Morgan fingerprint density at radius 2 is 1.82 bits per heavy atom. The summed E-state index contributed by atoms with van der Waals surface area (Å²) in [5.41, 5.74) is 3.90. The molecule has 1 aliphatic heterocycles. The summed E-state index contributed by atoms with van der Waals surface area (Å²) >= 11 is 0. The highest BCUT2D eigenvalue weighted by molar-refractivity contribution is 5.93. The SMILES string of the molecule is Fc1c[nH]c2nccc(-c3ccc(C4CCNCC4)cc3)c12. The van der Waals surface area contributed by atoms with E-state index in [-0.39, 0.29) is 5.82 Å². The number of benzene rings is 1. The number of halogens is 1. The summed E-state index contributed by atoms with van der Waals surface area (Å²) < 4.78 is 14.0. The van der Waals surface area contributed by atoms with E-state index >= 15 is 0 Å². The zero-order valence-electron chi connectivity index (χ0n) is 12.3. The van der Waals surface area contributed by atoms with Crippen LogP contribution in [0, 0.1) is 5.82 Å². The number of hydrogen-bond acceptors (Lipinski definition) is 2. The van der Waals surface area contributed by atoms with Crippen molar-refractivity contribution in [1.29, 1.82) is 0 Å². The zero-order valence-corrected chi connectivity index (χ0v) is 12.3. The number of piperidine rings is 1. The highest BCUT2D eigenvalue weighted by Crippen LogP contribution is 2.31. The lowest BCUT2D eigenvalue weighted by Gasteiger charge is -2.23. The van der Waals surface area contributed by atoms with Crippen LogP contribution >= 0.6 is 0 Å². The Morgan fingerprint density at radius 1 is 1.05 bits per heavy atom. The molecule has 3 heterocycles. The summed E-state index contributed by atoms with van der Waals surface area (Å²) in [6.07, 6.45) is 5.45. The van der Waals surface area contributed by atoms with Crippen LogP contribution < -0.4 is 5.32 Å². The molecule has 2 aromatic heterocycles. The second-order valence-corrected chi connectivity index (χ2v) is 5.87. The molecule has 0 radical (unpaired) electrons. The maximum atomic E-state index is 14.0. The number of aromatic amines is 1. The molecule has 1 saturated heterocycles. The summed E-state index contributed by atoms with van der Waals surface area (Å²) in [5.74, 6) is 0.386. The third kappa shape index (κ3) is 2.29. The van der Waals surface area contributed by atoms with Gasteiger partial charge < -0.3 is 10.3 Å². The molecular formula is C18H18FN3. The van der Waals surface area contributed by atoms with Gasteiger partial charge in [-0.15, -0.1) is 0 Å². The second kappa shape index (κ2) is 5.54. The van der Waals surface area contributed by atoms with Gasteiger partial charge >= 0.3 is 0 Å². The maximum Gasteiger partial charge on any atom is 0.150 e. The van der Waals surface area contributed by atoms with E-state index in [0.29, 0.717) is 17.0 Å². The largest absolute Gasteiger partial charge is 0.343 e. The average molecular weight is 295 g/mol. The summed E-state index contributed by atoms with van der Waals surface area (Å²) in [6, 6.07) is 10.4. The highest BCUT2D eigenvalue weighted by atomic mass is 19.1. The maximum absolute atomic E-state index is 14.0. The minimum absolute atomic E-state index is 0.250. The van der Waals surface area contributed by atoms with Gasteiger partial charge in [0.2, 0.25) is 0 Å². The Kier molecular flexibility index (Phi) is 3.39. The molecule has 3 nitrogen and oxygen atoms in total. The van der Waals surface area contributed by atoms with Crippen molar-refractivity contribution in [1.82, 2.24) is 15.3 Å². The molecule has 0 atom stereocenters. The van der Waals surface area contributed by atoms with E-state index in [1.165, 1.54) is 24.6 Å². The Labute approximate surface area is 128 Å². The van der Waals surface area contributed by atoms with Crippen molar-refractivity contribution in [3.05, 3.63) is 54.1 Å². The van der Waals surface area contributed by atoms with Crippen LogP contribution in [0.1, 0.15) is 24.3 Å². The Bertz CT molecular complexity index is 786. The summed E-state index contributed by atoms with van der Waals surface area (Å²) in [6.45, 7) is 2.18. The lowest BCUT2D eigenvalue weighted by molar-refractivity contribution is 0.460. The first-order chi connectivity index (χ1) is 10.8. The van der Waals surface area contributed by atoms with E-state index in [1.807, 2.05) is 6.07 Å². The van der Waals surface area contributed by atoms with E-state index in [9.17, 15) is 4.39 Å². The summed E-state index contributed by atoms with van der Waals surface area (Å²) in [7, 11) is 0. The number of nitrogens with zero attached hydrogens (tertiary/aromatic N) is 1. The first kappa shape index (κ1) is 13.5. The van der Waals surface area contributed by atoms with Crippen LogP contribution in [0.5, 0.6) is 0 Å². The molecule has 2 N–H and O–H groups in total. The molecular weight excluding hydrogens is 277 g/mol. The van der Waals surface area contributed by atoms with Gasteiger partial charge in [0.05, 0.1) is 5.39 Å². The highest BCUT2D eigenvalue weighted by Gasteiger charge is 2.16. The first-order valence-electron chi connectivity index (χ1n) is 7.75. The fourth-order valence-corrected chi connectivity index (χ4v) is 3.35. The first-order valence-corrected chi connectivity index (χ1v) is 7.75. The molecule has 0 aliphatic carbocycles. The van der Waals surface area contributed by atoms with Crippen LogP contribution in [0.2, 0.25) is 0 Å². The number of hydrogen-bond donors (Lipinski definition) is 2. The van der Waals surface area contributed by atoms with Crippen LogP contribution in [-0.4, -0.2) is 23.1 Å². The Balaban J connectivity index is 1.71. The van der Waals surface area contributed by atoms with Crippen LogP contribution in [0.15, 0.2) is 42.7 Å². The van der Waals surface area contributed by atoms with Gasteiger partial charge in [-0.3, -0.25) is 0 Å². The van der Waals surface area contributed by atoms with Crippen molar-refractivity contribution < 1.29 is 4.39 Å². The Morgan fingerprint density at radius 3 is 2.59 bits per heavy atom. The lowest BCUT2D eigenvalue weighted by Crippen LogP contribution is -2.26. The molecule has 0 amide bonds. The molecule has 112 valence electrons. The van der Waals surface area contributed by atoms with Crippen LogP contribution in [0.25, 0.3) is 22.2 Å². The van der Waals surface area contributed by atoms with E-state index < -0.39 is 0 Å². The lowest BCUT2D eigenvalue weighted by atomic mass is 9.89. The molecule has 4 heteroatoms. The number of aromatic nitrogens is 2. The predicted octanol–water partition coefficient (Wildman–Crippen LogP) is 3.84. The standard InChI is InChI=1S/C18H18FN3/c19-16-11-22-18-17(16)15(7-10-21-18)14-3-1-12(2-4-14)13-5-8-20-9-6-13/h1-4,7,10-11,13,20H,5-6,8-9H2,(H,21,22). The number of nitrogens with one attached hydrogen (secondary N) is 2. The van der Waals surface area contributed by atoms with Gasteiger partial charge in [-0.25, -0.2) is 9.37 Å². The number of rotatable bonds is 2. The third-order valence-electron chi connectivity index (χ3n) is 4.56. The molecule has 1 aliphatic rings. The Hall–Kier alpha value is -2.20. The normalized spacial score (nSPS) is 16.2. The quantitative estimate of drug-likeness (QED) is 0.754. The van der Waals surface area contributed by atoms with E-state index in [4.69, 9.17) is 0 Å². The van der Waals surface area contributed by atoms with Gasteiger partial charge in [0.1, 0.15) is 5.65 Å². The predicted molar refractivity (Wildman–Crippen MR) is 86.3 cm³/mol.